The number of nitrogens with zero attached hydrogens (tertiary/aromatic N) is 1. The quantitative estimate of drug-likeness (QED) is 0.179. The number of alkyl halides is 4. The first kappa shape index (κ1) is 31.9. The zero-order chi connectivity index (χ0) is 31.2. The fraction of sp³-hybridized carbons (Fsp3) is 0.676. The number of rotatable bonds is 4. The van der Waals surface area contributed by atoms with Gasteiger partial charge in [-0.3, -0.25) is 4.98 Å². The van der Waals surface area contributed by atoms with E-state index >= 15 is 0 Å². The van der Waals surface area contributed by atoms with Crippen molar-refractivity contribution in [3.8, 4) is 0 Å². The molecular weight excluding hydrogens is 682 g/mol. The molecule has 0 N–H and O–H groups in total. The third-order valence-corrected chi connectivity index (χ3v) is 16.9. The summed E-state index contributed by atoms with van der Waals surface area (Å²) in [7, 11) is -2.16. The number of ether oxygens (including phenoxy) is 2. The third kappa shape index (κ3) is 5.34. The summed E-state index contributed by atoms with van der Waals surface area (Å²) in [6.45, 7) is 17.0. The van der Waals surface area contributed by atoms with Crippen LogP contribution in [0.5, 0.6) is 0 Å². The molecule has 3 heterocycles. The number of pyridine rings is 1. The smallest absolute Gasteiger partial charge is 0.416 e. The van der Waals surface area contributed by atoms with E-state index in [2.05, 4.69) is 70.3 Å². The van der Waals surface area contributed by atoms with E-state index in [1.54, 1.807) is 12.1 Å². The molecule has 2 aliphatic heterocycles. The van der Waals surface area contributed by atoms with Gasteiger partial charge in [-0.1, -0.05) is 75.8 Å². The second kappa shape index (κ2) is 10.8. The topological polar surface area (TPSA) is 40.6 Å². The molecule has 2 aliphatic carbocycles. The Morgan fingerprint density at radius 1 is 1.05 bits per heavy atom. The van der Waals surface area contributed by atoms with Gasteiger partial charge in [0.15, 0.2) is 0 Å². The van der Waals surface area contributed by atoms with E-state index in [1.165, 1.54) is 42.5 Å². The molecule has 237 valence electrons. The molecule has 2 fully saturated rings. The summed E-state index contributed by atoms with van der Waals surface area (Å²) in [5, 5.41) is 0.0489. The first-order chi connectivity index (χ1) is 20.0. The summed E-state index contributed by atoms with van der Waals surface area (Å²) >= 11 is 2.48. The van der Waals surface area contributed by atoms with Gasteiger partial charge >= 0.3 is 6.18 Å². The van der Waals surface area contributed by atoms with Crippen molar-refractivity contribution >= 4 is 30.9 Å². The van der Waals surface area contributed by atoms with Gasteiger partial charge in [0.25, 0.3) is 0 Å². The van der Waals surface area contributed by atoms with E-state index in [4.69, 9.17) is 18.9 Å². The van der Waals surface area contributed by atoms with Crippen molar-refractivity contribution in [2.45, 2.75) is 125 Å². The predicted octanol–water partition coefficient (Wildman–Crippen LogP) is 9.94. The second-order valence-electron chi connectivity index (χ2n) is 15.2. The van der Waals surface area contributed by atoms with Gasteiger partial charge in [-0.2, -0.15) is 13.2 Å². The van der Waals surface area contributed by atoms with Crippen molar-refractivity contribution in [2.24, 2.45) is 5.41 Å². The Labute approximate surface area is 269 Å². The maximum absolute atomic E-state index is 13.5. The lowest BCUT2D eigenvalue weighted by Gasteiger charge is -2.56. The molecule has 1 saturated carbocycles. The van der Waals surface area contributed by atoms with Crippen molar-refractivity contribution in [3.63, 3.8) is 0 Å². The van der Waals surface area contributed by atoms with Crippen LogP contribution in [0.15, 0.2) is 24.3 Å². The number of fused-ring (bicyclic) bond motifs is 4. The summed E-state index contributed by atoms with van der Waals surface area (Å²) in [5.41, 5.74) is 5.31. The summed E-state index contributed by atoms with van der Waals surface area (Å²) < 4.78 is 61.2. The first-order valence-electron chi connectivity index (χ1n) is 15.8. The number of aromatic nitrogens is 1. The average Bonchev–Trinajstić information content (AvgIpc) is 3.23. The largest absolute Gasteiger partial charge is 0.559 e. The van der Waals surface area contributed by atoms with Gasteiger partial charge in [0, 0.05) is 47.2 Å². The van der Waals surface area contributed by atoms with Crippen molar-refractivity contribution < 1.29 is 27.1 Å². The van der Waals surface area contributed by atoms with Crippen LogP contribution >= 0.6 is 22.6 Å². The van der Waals surface area contributed by atoms with Crippen LogP contribution in [0.2, 0.25) is 18.1 Å². The summed E-state index contributed by atoms with van der Waals surface area (Å²) in [6.07, 6.45) is 1.33. The molecule has 2 aromatic rings. The van der Waals surface area contributed by atoms with Crippen molar-refractivity contribution in [3.05, 3.63) is 63.5 Å². The second-order valence-corrected chi connectivity index (χ2v) is 21.5. The van der Waals surface area contributed by atoms with Gasteiger partial charge in [0.1, 0.15) is 11.7 Å². The minimum Gasteiger partial charge on any atom is -0.559 e. The lowest BCUT2D eigenvalue weighted by atomic mass is 9.58. The molecular formula is C34H45F3INO3Si-. The molecule has 0 amide bonds. The molecule has 2 spiro atoms. The van der Waals surface area contributed by atoms with Gasteiger partial charge in [-0.15, -0.1) is 18.1 Å². The fourth-order valence-electron chi connectivity index (χ4n) is 7.47. The van der Waals surface area contributed by atoms with Gasteiger partial charge in [0.05, 0.1) is 16.1 Å². The van der Waals surface area contributed by atoms with Crippen LogP contribution < -0.4 is 0 Å². The number of benzene rings is 1. The van der Waals surface area contributed by atoms with E-state index < -0.39 is 31.8 Å². The summed E-state index contributed by atoms with van der Waals surface area (Å²) in [5.74, 6) is 0.126. The maximum atomic E-state index is 13.5. The third-order valence-electron chi connectivity index (χ3n) is 11.0. The van der Waals surface area contributed by atoms with Crippen LogP contribution in [0.3, 0.4) is 0 Å². The van der Waals surface area contributed by atoms with Crippen LogP contribution in [-0.4, -0.2) is 30.4 Å². The SMILES string of the molecule is CC(C)c1nc2c(c3c1[C@@H](c1ccc(C(F)(F)F)cc1)OC31CCOCC1I)[C@@H](O[Si-](C)(C)C(C)(C)C)CC1(CCC1)C2. The minimum atomic E-state index is -4.39. The van der Waals surface area contributed by atoms with Crippen LogP contribution in [0, 0.1) is 5.41 Å². The van der Waals surface area contributed by atoms with Crippen molar-refractivity contribution in [1.29, 1.82) is 0 Å². The van der Waals surface area contributed by atoms with E-state index in [9.17, 15) is 13.2 Å². The van der Waals surface area contributed by atoms with Crippen LogP contribution in [0.4, 0.5) is 13.2 Å². The lowest BCUT2D eigenvalue weighted by molar-refractivity contribution is -0.137. The van der Waals surface area contributed by atoms with Crippen LogP contribution in [0.25, 0.3) is 0 Å². The normalized spacial score (nSPS) is 28.7. The van der Waals surface area contributed by atoms with E-state index in [0.29, 0.717) is 19.6 Å². The highest BCUT2D eigenvalue weighted by molar-refractivity contribution is 14.1. The van der Waals surface area contributed by atoms with E-state index in [-0.39, 0.29) is 26.4 Å². The maximum Gasteiger partial charge on any atom is 0.416 e. The zero-order valence-electron chi connectivity index (χ0n) is 26.5. The highest BCUT2D eigenvalue weighted by Gasteiger charge is 2.57. The Bertz CT molecular complexity index is 1380. The molecule has 43 heavy (non-hydrogen) atoms. The van der Waals surface area contributed by atoms with Crippen LogP contribution in [-0.2, 0) is 32.1 Å². The van der Waals surface area contributed by atoms with E-state index in [1.807, 2.05) is 0 Å². The Hall–Kier alpha value is -1.01. The van der Waals surface area contributed by atoms with Gasteiger partial charge in [0.2, 0.25) is 0 Å². The molecule has 1 saturated heterocycles. The molecule has 1 aromatic heterocycles. The molecule has 1 aromatic carbocycles. The molecule has 4 aliphatic rings. The standard InChI is InChI=1S/C34H45F3INO3Si/c1-20(2)29-27-28(26-23(39-29)17-32(13-8-14-32)18-24(26)42-43(6,7)31(3,4)5)33(15-16-40-19-25(33)38)41-30(27)21-9-11-22(12-10-21)34(35,36)37/h9-12,20,24-25,30H,8,13-19H2,1-7H3/q-1/t24-,25?,30+,33?/m0/s1. The monoisotopic (exact) mass is 727 g/mol. The van der Waals surface area contributed by atoms with Gasteiger partial charge in [-0.05, 0) is 63.0 Å². The van der Waals surface area contributed by atoms with Crippen molar-refractivity contribution in [2.75, 3.05) is 13.2 Å². The van der Waals surface area contributed by atoms with E-state index in [0.717, 1.165) is 35.4 Å². The molecule has 9 heteroatoms. The Morgan fingerprint density at radius 3 is 2.26 bits per heavy atom. The number of hydrogen-bond donors (Lipinski definition) is 0. The Kier molecular flexibility index (Phi) is 8.01. The summed E-state index contributed by atoms with van der Waals surface area (Å²) in [6, 6.07) is 5.54. The predicted molar refractivity (Wildman–Crippen MR) is 173 cm³/mol. The molecule has 0 bridgehead atoms. The average molecular weight is 728 g/mol. The van der Waals surface area contributed by atoms with Crippen LogP contribution in [0.1, 0.15) is 124 Å². The Balaban J connectivity index is 1.60. The van der Waals surface area contributed by atoms with Crippen molar-refractivity contribution in [1.82, 2.24) is 4.98 Å². The van der Waals surface area contributed by atoms with Gasteiger partial charge in [-0.25, -0.2) is 0 Å². The first-order valence-corrected chi connectivity index (χ1v) is 20.0. The molecule has 0 radical (unpaired) electrons. The highest BCUT2D eigenvalue weighted by atomic mass is 127. The molecule has 4 nitrogen and oxygen atoms in total. The molecule has 2 unspecified atom stereocenters. The number of halogens is 4. The lowest BCUT2D eigenvalue weighted by Crippen LogP contribution is -2.48. The molecule has 4 atom stereocenters. The summed E-state index contributed by atoms with van der Waals surface area (Å²) in [4.78, 5) is 5.48. The van der Waals surface area contributed by atoms with Gasteiger partial charge < -0.3 is 13.9 Å². The fourth-order valence-corrected chi connectivity index (χ4v) is 9.76. The Morgan fingerprint density at radius 2 is 1.72 bits per heavy atom. The minimum absolute atomic E-state index is 0.0386. The highest BCUT2D eigenvalue weighted by Crippen LogP contribution is 2.62. The zero-order valence-corrected chi connectivity index (χ0v) is 29.6. The number of hydrogen-bond acceptors (Lipinski definition) is 4. The molecule has 6 rings (SSSR count).